The molecular formula is C14H10ClF2NO3. The average Bonchev–Trinajstić information content (AvgIpc) is 2.44. The minimum Gasteiger partial charge on any atom is -0.454 e. The van der Waals surface area contributed by atoms with Crippen LogP contribution in [0.15, 0.2) is 30.3 Å². The molecule has 110 valence electrons. The van der Waals surface area contributed by atoms with E-state index in [1.54, 1.807) is 25.1 Å². The molecule has 2 rings (SSSR count). The van der Waals surface area contributed by atoms with Crippen LogP contribution in [-0.2, 0) is 5.88 Å². The van der Waals surface area contributed by atoms with Crippen LogP contribution >= 0.6 is 11.6 Å². The minimum atomic E-state index is -1.16. The molecule has 0 saturated heterocycles. The summed E-state index contributed by atoms with van der Waals surface area (Å²) in [4.78, 5) is 9.52. The van der Waals surface area contributed by atoms with E-state index in [-0.39, 0.29) is 0 Å². The molecule has 0 aliphatic carbocycles. The first-order chi connectivity index (χ1) is 9.92. The van der Waals surface area contributed by atoms with E-state index in [2.05, 4.69) is 0 Å². The molecule has 0 amide bonds. The van der Waals surface area contributed by atoms with E-state index in [4.69, 9.17) is 16.3 Å². The number of ether oxygens (including phenoxy) is 1. The maximum atomic E-state index is 13.7. The highest BCUT2D eigenvalue weighted by Gasteiger charge is 2.20. The van der Waals surface area contributed by atoms with Gasteiger partial charge in [-0.1, -0.05) is 12.1 Å². The molecule has 0 aliphatic rings. The third-order valence-corrected chi connectivity index (χ3v) is 3.12. The van der Waals surface area contributed by atoms with Gasteiger partial charge in [0, 0.05) is 11.9 Å². The van der Waals surface area contributed by atoms with E-state index in [0.717, 1.165) is 5.56 Å². The number of hydrogen-bond acceptors (Lipinski definition) is 3. The van der Waals surface area contributed by atoms with Gasteiger partial charge in [0.1, 0.15) is 5.75 Å². The molecule has 0 atom stereocenters. The maximum Gasteiger partial charge on any atom is 0.307 e. The summed E-state index contributed by atoms with van der Waals surface area (Å²) in [5.74, 6) is -1.95. The molecule has 0 heterocycles. The number of nitrogens with zero attached hydrogens (tertiary/aromatic N) is 1. The quantitative estimate of drug-likeness (QED) is 0.466. The fourth-order valence-corrected chi connectivity index (χ4v) is 1.93. The van der Waals surface area contributed by atoms with Gasteiger partial charge in [0.2, 0.25) is 5.82 Å². The number of alkyl halides is 1. The first kappa shape index (κ1) is 15.2. The van der Waals surface area contributed by atoms with Crippen LogP contribution in [0.4, 0.5) is 14.5 Å². The molecule has 0 unspecified atom stereocenters. The second-order valence-corrected chi connectivity index (χ2v) is 4.59. The van der Waals surface area contributed by atoms with Gasteiger partial charge < -0.3 is 4.74 Å². The first-order valence-electron chi connectivity index (χ1n) is 5.89. The van der Waals surface area contributed by atoms with E-state index >= 15 is 0 Å². The zero-order valence-electron chi connectivity index (χ0n) is 10.9. The summed E-state index contributed by atoms with van der Waals surface area (Å²) in [6.45, 7) is 1.73. The topological polar surface area (TPSA) is 52.4 Å². The molecule has 4 nitrogen and oxygen atoms in total. The van der Waals surface area contributed by atoms with Gasteiger partial charge in [-0.2, -0.15) is 4.39 Å². The highest BCUT2D eigenvalue weighted by Crippen LogP contribution is 2.31. The number of nitro groups is 1. The fourth-order valence-electron chi connectivity index (χ4n) is 1.76. The second-order valence-electron chi connectivity index (χ2n) is 4.33. The summed E-state index contributed by atoms with van der Waals surface area (Å²) in [5.41, 5.74) is 0.609. The van der Waals surface area contributed by atoms with Crippen molar-refractivity contribution in [3.8, 4) is 11.5 Å². The number of halogens is 3. The predicted octanol–water partition coefficient (Wildman–Crippen LogP) is 4.71. The number of hydrogen-bond donors (Lipinski definition) is 0. The van der Waals surface area contributed by atoms with Crippen LogP contribution in [0.1, 0.15) is 11.1 Å². The van der Waals surface area contributed by atoms with Crippen LogP contribution in [0.2, 0.25) is 0 Å². The van der Waals surface area contributed by atoms with Gasteiger partial charge in [0.25, 0.3) is 0 Å². The van der Waals surface area contributed by atoms with Crippen molar-refractivity contribution in [2.75, 3.05) is 0 Å². The Morgan fingerprint density at radius 1 is 1.19 bits per heavy atom. The average molecular weight is 314 g/mol. The monoisotopic (exact) mass is 313 g/mol. The van der Waals surface area contributed by atoms with Crippen LogP contribution in [0.3, 0.4) is 0 Å². The number of rotatable bonds is 4. The van der Waals surface area contributed by atoms with Crippen LogP contribution in [0.5, 0.6) is 11.5 Å². The lowest BCUT2D eigenvalue weighted by atomic mass is 10.1. The summed E-state index contributed by atoms with van der Waals surface area (Å²) >= 11 is 5.69. The van der Waals surface area contributed by atoms with Gasteiger partial charge >= 0.3 is 5.69 Å². The molecule has 0 saturated carbocycles. The Hall–Kier alpha value is -2.21. The molecular weight excluding hydrogens is 304 g/mol. The molecule has 2 aromatic rings. The zero-order valence-corrected chi connectivity index (χ0v) is 11.7. The van der Waals surface area contributed by atoms with Crippen molar-refractivity contribution in [2.45, 2.75) is 12.8 Å². The van der Waals surface area contributed by atoms with E-state index in [1.165, 1.54) is 0 Å². The number of benzene rings is 2. The molecule has 7 heteroatoms. The lowest BCUT2D eigenvalue weighted by Gasteiger charge is -2.10. The predicted molar refractivity (Wildman–Crippen MR) is 73.8 cm³/mol. The lowest BCUT2D eigenvalue weighted by Crippen LogP contribution is -1.97. The largest absolute Gasteiger partial charge is 0.454 e. The van der Waals surface area contributed by atoms with Gasteiger partial charge in [0.05, 0.1) is 11.0 Å². The van der Waals surface area contributed by atoms with Crippen molar-refractivity contribution >= 4 is 17.3 Å². The standard InChI is InChI=1S/C14H10ClF2NO3/c1-8-4-9(7-15)2-3-13(8)21-14-6-10(16)12(18(19)20)5-11(14)17/h2-6H,7H2,1H3. The van der Waals surface area contributed by atoms with Gasteiger partial charge in [-0.3, -0.25) is 10.1 Å². The molecule has 0 bridgehead atoms. The van der Waals surface area contributed by atoms with Crippen molar-refractivity contribution in [1.29, 1.82) is 0 Å². The molecule has 0 aliphatic heterocycles. The lowest BCUT2D eigenvalue weighted by molar-refractivity contribution is -0.387. The Labute approximate surface area is 124 Å². The molecule has 0 aromatic heterocycles. The summed E-state index contributed by atoms with van der Waals surface area (Å²) in [5, 5.41) is 10.5. The normalized spacial score (nSPS) is 10.5. The molecule has 2 aromatic carbocycles. The van der Waals surface area contributed by atoms with Crippen molar-refractivity contribution in [2.24, 2.45) is 0 Å². The first-order valence-corrected chi connectivity index (χ1v) is 6.42. The second kappa shape index (κ2) is 6.05. The highest BCUT2D eigenvalue weighted by molar-refractivity contribution is 6.17. The third-order valence-electron chi connectivity index (χ3n) is 2.81. The van der Waals surface area contributed by atoms with Gasteiger partial charge in [-0.05, 0) is 24.1 Å². The van der Waals surface area contributed by atoms with Crippen molar-refractivity contribution in [3.05, 3.63) is 63.2 Å². The summed E-state index contributed by atoms with van der Waals surface area (Å²) in [7, 11) is 0. The Morgan fingerprint density at radius 2 is 1.90 bits per heavy atom. The Balaban J connectivity index is 2.36. The molecule has 21 heavy (non-hydrogen) atoms. The maximum absolute atomic E-state index is 13.7. The molecule has 0 fully saturated rings. The number of nitro benzene ring substituents is 1. The third kappa shape index (κ3) is 3.28. The Morgan fingerprint density at radius 3 is 2.48 bits per heavy atom. The van der Waals surface area contributed by atoms with Gasteiger partial charge in [-0.25, -0.2) is 4.39 Å². The van der Waals surface area contributed by atoms with E-state index in [1.807, 2.05) is 0 Å². The number of aryl methyl sites for hydroxylation is 1. The Bertz CT molecular complexity index is 707. The molecule has 0 spiro atoms. The van der Waals surface area contributed by atoms with Gasteiger partial charge in [-0.15, -0.1) is 11.6 Å². The molecule has 0 N–H and O–H groups in total. The van der Waals surface area contributed by atoms with Crippen LogP contribution in [0.25, 0.3) is 0 Å². The van der Waals surface area contributed by atoms with Crippen molar-refractivity contribution < 1.29 is 18.4 Å². The summed E-state index contributed by atoms with van der Waals surface area (Å²) in [6, 6.07) is 6.16. The van der Waals surface area contributed by atoms with Gasteiger partial charge in [0.15, 0.2) is 11.6 Å². The van der Waals surface area contributed by atoms with Crippen LogP contribution in [-0.4, -0.2) is 4.92 Å². The van der Waals surface area contributed by atoms with Crippen molar-refractivity contribution in [3.63, 3.8) is 0 Å². The van der Waals surface area contributed by atoms with Crippen LogP contribution < -0.4 is 4.74 Å². The minimum absolute atomic E-state index is 0.316. The highest BCUT2D eigenvalue weighted by atomic mass is 35.5. The van der Waals surface area contributed by atoms with E-state index < -0.39 is 28.0 Å². The zero-order chi connectivity index (χ0) is 15.6. The summed E-state index contributed by atoms with van der Waals surface area (Å²) < 4.78 is 32.5. The van der Waals surface area contributed by atoms with E-state index in [0.29, 0.717) is 29.3 Å². The molecule has 0 radical (unpaired) electrons. The Kier molecular flexibility index (Phi) is 4.37. The SMILES string of the molecule is Cc1cc(CCl)ccc1Oc1cc(F)c([N+](=O)[O-])cc1F. The smallest absolute Gasteiger partial charge is 0.307 e. The van der Waals surface area contributed by atoms with Crippen molar-refractivity contribution in [1.82, 2.24) is 0 Å². The summed E-state index contributed by atoms with van der Waals surface area (Å²) in [6.07, 6.45) is 0. The fraction of sp³-hybridized carbons (Fsp3) is 0.143. The van der Waals surface area contributed by atoms with Crippen LogP contribution in [0, 0.1) is 28.7 Å². The van der Waals surface area contributed by atoms with E-state index in [9.17, 15) is 18.9 Å².